The zero-order valence-electron chi connectivity index (χ0n) is 14.0. The number of hydrogen-bond acceptors (Lipinski definition) is 5. The first-order valence-corrected chi connectivity index (χ1v) is 8.89. The SMILES string of the molecule is CCCNC(=O)CN(CCC)Cc1cc(=O)n2c(C)csc2n1. The Balaban J connectivity index is 2.13. The second kappa shape index (κ2) is 8.21. The first-order chi connectivity index (χ1) is 11.0. The fraction of sp³-hybridized carbons (Fsp3) is 0.562. The fourth-order valence-electron chi connectivity index (χ4n) is 2.46. The number of carbonyl (C=O) groups excluding carboxylic acids is 1. The average molecular weight is 336 g/mol. The van der Waals surface area contributed by atoms with Crippen LogP contribution in [0.4, 0.5) is 0 Å². The number of aryl methyl sites for hydroxylation is 1. The van der Waals surface area contributed by atoms with Crippen LogP contribution in [0.3, 0.4) is 0 Å². The normalized spacial score (nSPS) is 11.3. The number of fused-ring (bicyclic) bond motifs is 1. The van der Waals surface area contributed by atoms with Crippen molar-refractivity contribution in [3.8, 4) is 0 Å². The summed E-state index contributed by atoms with van der Waals surface area (Å²) in [6.45, 7) is 8.33. The molecule has 126 valence electrons. The van der Waals surface area contributed by atoms with Gasteiger partial charge >= 0.3 is 0 Å². The lowest BCUT2D eigenvalue weighted by Crippen LogP contribution is -2.38. The minimum atomic E-state index is -0.0596. The summed E-state index contributed by atoms with van der Waals surface area (Å²) in [5.41, 5.74) is 1.56. The first-order valence-electron chi connectivity index (χ1n) is 8.01. The van der Waals surface area contributed by atoms with Crippen molar-refractivity contribution in [3.63, 3.8) is 0 Å². The van der Waals surface area contributed by atoms with Crippen molar-refractivity contribution in [1.82, 2.24) is 19.6 Å². The highest BCUT2D eigenvalue weighted by Gasteiger charge is 2.13. The number of carbonyl (C=O) groups is 1. The zero-order valence-corrected chi connectivity index (χ0v) is 14.8. The number of hydrogen-bond donors (Lipinski definition) is 1. The number of thiazole rings is 1. The van der Waals surface area contributed by atoms with E-state index >= 15 is 0 Å². The molecule has 0 spiro atoms. The van der Waals surface area contributed by atoms with Crippen LogP contribution in [0.2, 0.25) is 0 Å². The molecule has 1 N–H and O–H groups in total. The van der Waals surface area contributed by atoms with Crippen LogP contribution in [0.15, 0.2) is 16.2 Å². The highest BCUT2D eigenvalue weighted by Crippen LogP contribution is 2.12. The van der Waals surface area contributed by atoms with E-state index in [1.165, 1.54) is 11.3 Å². The van der Waals surface area contributed by atoms with Gasteiger partial charge in [-0.25, -0.2) is 4.98 Å². The van der Waals surface area contributed by atoms with Crippen LogP contribution < -0.4 is 10.9 Å². The van der Waals surface area contributed by atoms with Gasteiger partial charge in [0.15, 0.2) is 4.96 Å². The van der Waals surface area contributed by atoms with E-state index in [0.29, 0.717) is 30.3 Å². The summed E-state index contributed by atoms with van der Waals surface area (Å²) in [6.07, 6.45) is 1.87. The molecule has 7 heteroatoms. The van der Waals surface area contributed by atoms with Gasteiger partial charge in [0, 0.05) is 30.2 Å². The molecule has 0 aliphatic rings. The van der Waals surface area contributed by atoms with Gasteiger partial charge in [-0.05, 0) is 26.3 Å². The molecule has 6 nitrogen and oxygen atoms in total. The third-order valence-electron chi connectivity index (χ3n) is 3.49. The van der Waals surface area contributed by atoms with Crippen molar-refractivity contribution in [3.05, 3.63) is 33.2 Å². The van der Waals surface area contributed by atoms with Gasteiger partial charge in [0.05, 0.1) is 12.2 Å². The maximum absolute atomic E-state index is 12.2. The highest BCUT2D eigenvalue weighted by atomic mass is 32.1. The largest absolute Gasteiger partial charge is 0.355 e. The van der Waals surface area contributed by atoms with E-state index in [4.69, 9.17) is 0 Å². The van der Waals surface area contributed by atoms with Gasteiger partial charge in [0.2, 0.25) is 5.91 Å². The molecule has 0 bridgehead atoms. The predicted octanol–water partition coefficient (Wildman–Crippen LogP) is 1.80. The summed E-state index contributed by atoms with van der Waals surface area (Å²) in [7, 11) is 0. The van der Waals surface area contributed by atoms with Crippen molar-refractivity contribution in [1.29, 1.82) is 0 Å². The molecule has 1 amide bonds. The summed E-state index contributed by atoms with van der Waals surface area (Å²) < 4.78 is 1.62. The molecule has 0 aliphatic heterocycles. The molecule has 0 aromatic carbocycles. The molecular formula is C16H24N4O2S. The topological polar surface area (TPSA) is 66.7 Å². The molecule has 0 fully saturated rings. The molecule has 0 aliphatic carbocycles. The Hall–Kier alpha value is -1.73. The van der Waals surface area contributed by atoms with Gasteiger partial charge < -0.3 is 5.32 Å². The zero-order chi connectivity index (χ0) is 16.8. The summed E-state index contributed by atoms with van der Waals surface area (Å²) >= 11 is 1.46. The highest BCUT2D eigenvalue weighted by molar-refractivity contribution is 7.15. The second-order valence-corrected chi connectivity index (χ2v) is 6.48. The molecule has 0 atom stereocenters. The van der Waals surface area contributed by atoms with E-state index < -0.39 is 0 Å². The Kier molecular flexibility index (Phi) is 6.29. The van der Waals surface area contributed by atoms with Gasteiger partial charge in [-0.2, -0.15) is 0 Å². The maximum atomic E-state index is 12.2. The lowest BCUT2D eigenvalue weighted by Gasteiger charge is -2.20. The molecule has 2 aromatic heterocycles. The van der Waals surface area contributed by atoms with Crippen LogP contribution >= 0.6 is 11.3 Å². The van der Waals surface area contributed by atoms with Crippen LogP contribution in [-0.2, 0) is 11.3 Å². The monoisotopic (exact) mass is 336 g/mol. The Morgan fingerprint density at radius 1 is 1.39 bits per heavy atom. The number of aromatic nitrogens is 2. The van der Waals surface area contributed by atoms with E-state index in [9.17, 15) is 9.59 Å². The Labute approximate surface area is 140 Å². The Bertz CT molecular complexity index is 722. The van der Waals surface area contributed by atoms with E-state index in [-0.39, 0.29) is 11.5 Å². The second-order valence-electron chi connectivity index (χ2n) is 5.64. The first kappa shape index (κ1) is 17.6. The van der Waals surface area contributed by atoms with Crippen LogP contribution in [0.25, 0.3) is 4.96 Å². The van der Waals surface area contributed by atoms with Crippen molar-refractivity contribution in [2.75, 3.05) is 19.6 Å². The molecule has 0 radical (unpaired) electrons. The number of amides is 1. The third kappa shape index (κ3) is 4.62. The van der Waals surface area contributed by atoms with Gasteiger partial charge in [-0.1, -0.05) is 13.8 Å². The van der Waals surface area contributed by atoms with Crippen LogP contribution in [0, 0.1) is 6.92 Å². The lowest BCUT2D eigenvalue weighted by atomic mass is 10.3. The van der Waals surface area contributed by atoms with Crippen molar-refractivity contribution < 1.29 is 4.79 Å². The summed E-state index contributed by atoms with van der Waals surface area (Å²) in [6, 6.07) is 1.57. The molecule has 0 saturated carbocycles. The Morgan fingerprint density at radius 3 is 2.87 bits per heavy atom. The minimum absolute atomic E-state index is 0.0186. The third-order valence-corrected chi connectivity index (χ3v) is 4.44. The molecule has 2 aromatic rings. The van der Waals surface area contributed by atoms with Crippen LogP contribution in [0.5, 0.6) is 0 Å². The van der Waals surface area contributed by atoms with E-state index in [1.54, 1.807) is 10.5 Å². The van der Waals surface area contributed by atoms with Gasteiger partial charge in [0.1, 0.15) is 0 Å². The fourth-order valence-corrected chi connectivity index (χ4v) is 3.36. The van der Waals surface area contributed by atoms with Crippen molar-refractivity contribution in [2.24, 2.45) is 0 Å². The van der Waals surface area contributed by atoms with Gasteiger partial charge in [0.25, 0.3) is 5.56 Å². The summed E-state index contributed by atoms with van der Waals surface area (Å²) in [5.74, 6) is 0.0186. The lowest BCUT2D eigenvalue weighted by molar-refractivity contribution is -0.122. The van der Waals surface area contributed by atoms with Gasteiger partial charge in [-0.15, -0.1) is 11.3 Å². The van der Waals surface area contributed by atoms with E-state index in [0.717, 1.165) is 25.1 Å². The van der Waals surface area contributed by atoms with E-state index in [2.05, 4.69) is 17.2 Å². The van der Waals surface area contributed by atoms with Crippen LogP contribution in [0.1, 0.15) is 38.1 Å². The molecule has 2 heterocycles. The summed E-state index contributed by atoms with van der Waals surface area (Å²) in [4.78, 5) is 31.4. The molecule has 23 heavy (non-hydrogen) atoms. The minimum Gasteiger partial charge on any atom is -0.355 e. The molecule has 0 saturated heterocycles. The predicted molar refractivity (Wildman–Crippen MR) is 92.9 cm³/mol. The average Bonchev–Trinajstić information content (AvgIpc) is 2.87. The molecule has 0 unspecified atom stereocenters. The summed E-state index contributed by atoms with van der Waals surface area (Å²) in [5, 5.41) is 4.81. The Morgan fingerprint density at radius 2 is 2.17 bits per heavy atom. The van der Waals surface area contributed by atoms with E-state index in [1.807, 2.05) is 24.1 Å². The van der Waals surface area contributed by atoms with Crippen molar-refractivity contribution in [2.45, 2.75) is 40.2 Å². The number of nitrogens with one attached hydrogen (secondary N) is 1. The number of rotatable bonds is 8. The smallest absolute Gasteiger partial charge is 0.259 e. The van der Waals surface area contributed by atoms with Crippen LogP contribution in [-0.4, -0.2) is 39.8 Å². The molecular weight excluding hydrogens is 312 g/mol. The standard InChI is InChI=1S/C16H24N4O2S/c1-4-6-17-14(21)10-19(7-5-2)9-13-8-15(22)20-12(3)11-23-16(20)18-13/h8,11H,4-7,9-10H2,1-3H3,(H,17,21). The van der Waals surface area contributed by atoms with Gasteiger partial charge in [-0.3, -0.25) is 18.9 Å². The molecule has 2 rings (SSSR count). The maximum Gasteiger partial charge on any atom is 0.259 e. The number of nitrogens with zero attached hydrogens (tertiary/aromatic N) is 3. The quantitative estimate of drug-likeness (QED) is 0.798. The van der Waals surface area contributed by atoms with Crippen molar-refractivity contribution >= 4 is 22.2 Å².